The maximum Gasteiger partial charge on any atom is 0.0747 e. The first-order valence-corrected chi connectivity index (χ1v) is 9.47. The third kappa shape index (κ3) is 4.48. The number of hydrogen-bond acceptors (Lipinski definition) is 1. The van der Waals surface area contributed by atoms with Crippen LogP contribution in [0.4, 0.5) is 0 Å². The molecule has 0 saturated heterocycles. The Morgan fingerprint density at radius 3 is 2.35 bits per heavy atom. The fourth-order valence-electron chi connectivity index (χ4n) is 2.04. The normalized spacial score (nSPS) is 13.4. The minimum atomic E-state index is -1.37. The zero-order valence-corrected chi connectivity index (χ0v) is 12.2. The number of allylic oxidation sites excluding steroid dienone is 1. The summed E-state index contributed by atoms with van der Waals surface area (Å²) in [6.07, 6.45) is 0.973. The second-order valence-corrected chi connectivity index (χ2v) is 10.6. The number of rotatable bonds is 6. The van der Waals surface area contributed by atoms with Crippen LogP contribution in [0.3, 0.4) is 0 Å². The van der Waals surface area contributed by atoms with Gasteiger partial charge in [0.25, 0.3) is 0 Å². The lowest BCUT2D eigenvalue weighted by atomic mass is 10.0. The predicted octanol–water partition coefficient (Wildman–Crippen LogP) is 3.66. The number of hydrogen-bond donors (Lipinski definition) is 1. The summed E-state index contributed by atoms with van der Waals surface area (Å²) in [5, 5.41) is 10.8. The van der Waals surface area contributed by atoms with Crippen molar-refractivity contribution in [2.45, 2.75) is 32.5 Å². The van der Waals surface area contributed by atoms with Crippen molar-refractivity contribution in [3.05, 3.63) is 47.7 Å². The van der Waals surface area contributed by atoms with E-state index in [-0.39, 0.29) is 6.61 Å². The van der Waals surface area contributed by atoms with Crippen molar-refractivity contribution in [3.8, 4) is 0 Å². The SMILES string of the molecule is C=C(C)[Si](C)(C)CC(CO)Cc1ccccc1. The van der Waals surface area contributed by atoms with Gasteiger partial charge in [-0.3, -0.25) is 0 Å². The van der Waals surface area contributed by atoms with Crippen LogP contribution < -0.4 is 0 Å². The molecule has 0 amide bonds. The van der Waals surface area contributed by atoms with E-state index in [1.54, 1.807) is 0 Å². The van der Waals surface area contributed by atoms with Crippen molar-refractivity contribution >= 4 is 8.07 Å². The van der Waals surface area contributed by atoms with Gasteiger partial charge in [0, 0.05) is 6.61 Å². The van der Waals surface area contributed by atoms with E-state index < -0.39 is 8.07 Å². The Balaban J connectivity index is 2.64. The molecule has 1 nitrogen and oxygen atoms in total. The molecule has 1 aromatic rings. The molecule has 0 aliphatic carbocycles. The Bertz CT molecular complexity index is 356. The lowest BCUT2D eigenvalue weighted by molar-refractivity contribution is 0.236. The molecule has 17 heavy (non-hydrogen) atoms. The Labute approximate surface area is 106 Å². The molecule has 0 radical (unpaired) electrons. The summed E-state index contributed by atoms with van der Waals surface area (Å²) < 4.78 is 0. The first-order valence-electron chi connectivity index (χ1n) is 6.26. The van der Waals surface area contributed by atoms with Crippen LogP contribution in [0.1, 0.15) is 12.5 Å². The zero-order chi connectivity index (χ0) is 12.9. The molecular weight excluding hydrogens is 224 g/mol. The van der Waals surface area contributed by atoms with E-state index in [0.717, 1.165) is 12.5 Å². The summed E-state index contributed by atoms with van der Waals surface area (Å²) in [5.41, 5.74) is 1.32. The van der Waals surface area contributed by atoms with Crippen LogP contribution in [0.2, 0.25) is 19.1 Å². The first-order chi connectivity index (χ1) is 7.95. The summed E-state index contributed by atoms with van der Waals surface area (Å²) >= 11 is 0. The van der Waals surface area contributed by atoms with Crippen molar-refractivity contribution in [1.82, 2.24) is 0 Å². The molecule has 1 aromatic carbocycles. The molecular formula is C15H24OSi. The van der Waals surface area contributed by atoms with Crippen molar-refractivity contribution in [1.29, 1.82) is 0 Å². The molecule has 0 bridgehead atoms. The van der Waals surface area contributed by atoms with Gasteiger partial charge in [0.15, 0.2) is 0 Å². The molecule has 2 heteroatoms. The third-order valence-electron chi connectivity index (χ3n) is 3.58. The van der Waals surface area contributed by atoms with Crippen molar-refractivity contribution < 1.29 is 5.11 Å². The molecule has 1 rings (SSSR count). The van der Waals surface area contributed by atoms with E-state index in [0.29, 0.717) is 5.92 Å². The number of aliphatic hydroxyl groups excluding tert-OH is 1. The van der Waals surface area contributed by atoms with Crippen molar-refractivity contribution in [2.75, 3.05) is 6.61 Å². The Kier molecular flexibility index (Phi) is 5.16. The monoisotopic (exact) mass is 248 g/mol. The maximum atomic E-state index is 9.53. The molecule has 0 spiro atoms. The van der Waals surface area contributed by atoms with Gasteiger partial charge in [-0.2, -0.15) is 0 Å². The average Bonchev–Trinajstić information content (AvgIpc) is 2.29. The van der Waals surface area contributed by atoms with Gasteiger partial charge in [-0.25, -0.2) is 0 Å². The lowest BCUT2D eigenvalue weighted by Gasteiger charge is -2.27. The molecule has 1 N–H and O–H groups in total. The second kappa shape index (κ2) is 6.17. The fourth-order valence-corrected chi connectivity index (χ4v) is 4.11. The topological polar surface area (TPSA) is 20.2 Å². The number of benzene rings is 1. The highest BCUT2D eigenvalue weighted by Gasteiger charge is 2.26. The van der Waals surface area contributed by atoms with Gasteiger partial charge in [-0.1, -0.05) is 48.6 Å². The van der Waals surface area contributed by atoms with Gasteiger partial charge >= 0.3 is 0 Å². The van der Waals surface area contributed by atoms with E-state index in [4.69, 9.17) is 0 Å². The van der Waals surface area contributed by atoms with Gasteiger partial charge in [0.05, 0.1) is 8.07 Å². The van der Waals surface area contributed by atoms with Gasteiger partial charge in [-0.05, 0) is 30.9 Å². The standard InChI is InChI=1S/C15H24OSi/c1-13(2)17(3,4)12-15(11-16)10-14-8-6-5-7-9-14/h5-9,15-16H,1,10-12H2,2-4H3. The van der Waals surface area contributed by atoms with Crippen LogP contribution in [0.25, 0.3) is 0 Å². The lowest BCUT2D eigenvalue weighted by Crippen LogP contribution is -2.32. The van der Waals surface area contributed by atoms with Crippen LogP contribution in [-0.4, -0.2) is 19.8 Å². The minimum absolute atomic E-state index is 0.276. The summed E-state index contributed by atoms with van der Waals surface area (Å²) in [7, 11) is -1.37. The molecule has 0 fully saturated rings. The Hall–Kier alpha value is -0.863. The summed E-state index contributed by atoms with van der Waals surface area (Å²) in [6, 6.07) is 11.5. The molecule has 0 heterocycles. The highest BCUT2D eigenvalue weighted by molar-refractivity contribution is 6.84. The smallest absolute Gasteiger partial charge is 0.0747 e. The predicted molar refractivity (Wildman–Crippen MR) is 77.8 cm³/mol. The highest BCUT2D eigenvalue weighted by Crippen LogP contribution is 2.25. The molecule has 0 aliphatic heterocycles. The molecule has 0 saturated carbocycles. The molecule has 1 unspecified atom stereocenters. The van der Waals surface area contributed by atoms with Gasteiger partial charge in [0.1, 0.15) is 0 Å². The van der Waals surface area contributed by atoms with Crippen LogP contribution in [0, 0.1) is 5.92 Å². The molecule has 0 aromatic heterocycles. The second-order valence-electron chi connectivity index (χ2n) is 5.61. The summed E-state index contributed by atoms with van der Waals surface area (Å²) in [5.74, 6) is 0.371. The molecule has 0 aliphatic rings. The fraction of sp³-hybridized carbons (Fsp3) is 0.467. The molecule has 1 atom stereocenters. The largest absolute Gasteiger partial charge is 0.396 e. The van der Waals surface area contributed by atoms with Crippen LogP contribution in [-0.2, 0) is 6.42 Å². The van der Waals surface area contributed by atoms with Crippen molar-refractivity contribution in [3.63, 3.8) is 0 Å². The van der Waals surface area contributed by atoms with Crippen LogP contribution >= 0.6 is 0 Å². The summed E-state index contributed by atoms with van der Waals surface area (Å²) in [6.45, 7) is 11.2. The maximum absolute atomic E-state index is 9.53. The van der Waals surface area contributed by atoms with E-state index in [1.807, 2.05) is 6.07 Å². The van der Waals surface area contributed by atoms with Gasteiger partial charge in [-0.15, -0.1) is 6.58 Å². The van der Waals surface area contributed by atoms with Crippen LogP contribution in [0.15, 0.2) is 42.1 Å². The first kappa shape index (κ1) is 14.2. The Morgan fingerprint density at radius 1 is 1.29 bits per heavy atom. The van der Waals surface area contributed by atoms with E-state index >= 15 is 0 Å². The van der Waals surface area contributed by atoms with Gasteiger partial charge in [0.2, 0.25) is 0 Å². The van der Waals surface area contributed by atoms with E-state index in [1.165, 1.54) is 10.8 Å². The minimum Gasteiger partial charge on any atom is -0.396 e. The quantitative estimate of drug-likeness (QED) is 0.762. The average molecular weight is 248 g/mol. The Morgan fingerprint density at radius 2 is 1.88 bits per heavy atom. The third-order valence-corrected chi connectivity index (χ3v) is 7.49. The summed E-state index contributed by atoms with van der Waals surface area (Å²) in [4.78, 5) is 0. The molecule has 94 valence electrons. The van der Waals surface area contributed by atoms with Crippen molar-refractivity contribution in [2.24, 2.45) is 5.92 Å². The zero-order valence-electron chi connectivity index (χ0n) is 11.2. The van der Waals surface area contributed by atoms with Crippen LogP contribution in [0.5, 0.6) is 0 Å². The number of aliphatic hydroxyl groups is 1. The van der Waals surface area contributed by atoms with E-state index in [9.17, 15) is 5.11 Å². The highest BCUT2D eigenvalue weighted by atomic mass is 28.3. The van der Waals surface area contributed by atoms with Gasteiger partial charge < -0.3 is 5.11 Å². The van der Waals surface area contributed by atoms with E-state index in [2.05, 4.69) is 50.9 Å².